The number of aliphatic hydroxyl groups is 1. The quantitative estimate of drug-likeness (QED) is 0.677. The van der Waals surface area contributed by atoms with Gasteiger partial charge in [0.05, 0.1) is 19.3 Å². The molecule has 1 aliphatic rings. The molecular weight excluding hydrogens is 178 g/mol. The number of hydrogen-bond donors (Lipinski definition) is 2. The summed E-state index contributed by atoms with van der Waals surface area (Å²) in [6.45, 7) is 3.02. The zero-order valence-corrected chi connectivity index (χ0v) is 9.33. The average Bonchev–Trinajstić information content (AvgIpc) is 2.65. The minimum absolute atomic E-state index is 0.112. The van der Waals surface area contributed by atoms with Gasteiger partial charge in [-0.3, -0.25) is 0 Å². The van der Waals surface area contributed by atoms with Gasteiger partial charge in [-0.25, -0.2) is 0 Å². The molecule has 1 fully saturated rings. The van der Waals surface area contributed by atoms with Crippen LogP contribution in [0.15, 0.2) is 0 Å². The SMILES string of the molecule is CCC1CCC(NC(CO)COC)C1. The largest absolute Gasteiger partial charge is 0.395 e. The van der Waals surface area contributed by atoms with Crippen molar-refractivity contribution in [3.63, 3.8) is 0 Å². The topological polar surface area (TPSA) is 41.5 Å². The van der Waals surface area contributed by atoms with E-state index in [1.165, 1.54) is 25.7 Å². The van der Waals surface area contributed by atoms with E-state index in [0.29, 0.717) is 12.6 Å². The van der Waals surface area contributed by atoms with Gasteiger partial charge in [0.25, 0.3) is 0 Å². The Morgan fingerprint density at radius 1 is 1.50 bits per heavy atom. The lowest BCUT2D eigenvalue weighted by atomic mass is 10.1. The van der Waals surface area contributed by atoms with Crippen LogP contribution in [0.25, 0.3) is 0 Å². The van der Waals surface area contributed by atoms with E-state index in [9.17, 15) is 0 Å². The van der Waals surface area contributed by atoms with Gasteiger partial charge in [0.1, 0.15) is 0 Å². The lowest BCUT2D eigenvalue weighted by Crippen LogP contribution is -2.42. The summed E-state index contributed by atoms with van der Waals surface area (Å²) in [7, 11) is 1.67. The van der Waals surface area contributed by atoms with E-state index in [1.54, 1.807) is 7.11 Å². The van der Waals surface area contributed by atoms with Crippen LogP contribution in [0, 0.1) is 5.92 Å². The molecular formula is C11H23NO2. The standard InChI is InChI=1S/C11H23NO2/c1-3-9-4-5-10(6-9)12-11(7-13)8-14-2/h9-13H,3-8H2,1-2H3. The van der Waals surface area contributed by atoms with E-state index >= 15 is 0 Å². The molecule has 1 aliphatic carbocycles. The molecule has 3 atom stereocenters. The monoisotopic (exact) mass is 201 g/mol. The smallest absolute Gasteiger partial charge is 0.0638 e. The van der Waals surface area contributed by atoms with Crippen LogP contribution in [0.4, 0.5) is 0 Å². The minimum atomic E-state index is 0.112. The zero-order chi connectivity index (χ0) is 10.4. The Morgan fingerprint density at radius 2 is 2.29 bits per heavy atom. The summed E-state index contributed by atoms with van der Waals surface area (Å²) in [5, 5.41) is 12.6. The third kappa shape index (κ3) is 3.56. The predicted molar refractivity (Wildman–Crippen MR) is 57.3 cm³/mol. The van der Waals surface area contributed by atoms with Crippen molar-refractivity contribution in [1.82, 2.24) is 5.32 Å². The number of aliphatic hydroxyl groups excluding tert-OH is 1. The summed E-state index contributed by atoms with van der Waals surface area (Å²) in [6.07, 6.45) is 5.13. The molecule has 1 saturated carbocycles. The fraction of sp³-hybridized carbons (Fsp3) is 1.00. The number of methoxy groups -OCH3 is 1. The van der Waals surface area contributed by atoms with Crippen molar-refractivity contribution in [2.45, 2.75) is 44.7 Å². The van der Waals surface area contributed by atoms with Gasteiger partial charge in [-0.2, -0.15) is 0 Å². The molecule has 0 spiro atoms. The molecule has 84 valence electrons. The van der Waals surface area contributed by atoms with Crippen LogP contribution in [0.2, 0.25) is 0 Å². The molecule has 0 radical (unpaired) electrons. The zero-order valence-electron chi connectivity index (χ0n) is 9.33. The molecule has 0 aromatic heterocycles. The number of hydrogen-bond acceptors (Lipinski definition) is 3. The van der Waals surface area contributed by atoms with Crippen LogP contribution < -0.4 is 5.32 Å². The van der Waals surface area contributed by atoms with Crippen LogP contribution in [0.1, 0.15) is 32.6 Å². The highest BCUT2D eigenvalue weighted by Gasteiger charge is 2.24. The molecule has 3 nitrogen and oxygen atoms in total. The second-order valence-electron chi connectivity index (χ2n) is 4.29. The van der Waals surface area contributed by atoms with Crippen molar-refractivity contribution in [2.75, 3.05) is 20.3 Å². The molecule has 0 amide bonds. The Morgan fingerprint density at radius 3 is 2.79 bits per heavy atom. The second-order valence-corrected chi connectivity index (χ2v) is 4.29. The van der Waals surface area contributed by atoms with Crippen molar-refractivity contribution in [3.8, 4) is 0 Å². The van der Waals surface area contributed by atoms with Crippen molar-refractivity contribution in [1.29, 1.82) is 0 Å². The fourth-order valence-electron chi connectivity index (χ4n) is 2.29. The van der Waals surface area contributed by atoms with Gasteiger partial charge in [-0.1, -0.05) is 13.3 Å². The normalized spacial score (nSPS) is 29.4. The van der Waals surface area contributed by atoms with Gasteiger partial charge in [-0.05, 0) is 25.2 Å². The third-order valence-electron chi connectivity index (χ3n) is 3.18. The Labute approximate surface area is 86.8 Å². The lowest BCUT2D eigenvalue weighted by molar-refractivity contribution is 0.122. The van der Waals surface area contributed by atoms with Crippen LogP contribution >= 0.6 is 0 Å². The predicted octanol–water partition coefficient (Wildman–Crippen LogP) is 1.16. The van der Waals surface area contributed by atoms with Crippen LogP contribution in [0.3, 0.4) is 0 Å². The summed E-state index contributed by atoms with van der Waals surface area (Å²) in [4.78, 5) is 0. The van der Waals surface area contributed by atoms with E-state index in [1.807, 2.05) is 0 Å². The first-order chi connectivity index (χ1) is 6.80. The summed E-state index contributed by atoms with van der Waals surface area (Å²) in [5.41, 5.74) is 0. The highest BCUT2D eigenvalue weighted by atomic mass is 16.5. The first kappa shape index (κ1) is 12.0. The number of rotatable bonds is 6. The minimum Gasteiger partial charge on any atom is -0.395 e. The molecule has 0 saturated heterocycles. The van der Waals surface area contributed by atoms with E-state index in [-0.39, 0.29) is 12.6 Å². The third-order valence-corrected chi connectivity index (χ3v) is 3.18. The maximum absolute atomic E-state index is 9.10. The Bertz CT molecular complexity index is 152. The first-order valence-electron chi connectivity index (χ1n) is 5.66. The molecule has 0 aliphatic heterocycles. The van der Waals surface area contributed by atoms with Gasteiger partial charge in [0.15, 0.2) is 0 Å². The van der Waals surface area contributed by atoms with Crippen molar-refractivity contribution in [3.05, 3.63) is 0 Å². The molecule has 0 aromatic rings. The molecule has 3 heteroatoms. The van der Waals surface area contributed by atoms with Crippen molar-refractivity contribution in [2.24, 2.45) is 5.92 Å². The fourth-order valence-corrected chi connectivity index (χ4v) is 2.29. The first-order valence-corrected chi connectivity index (χ1v) is 5.66. The number of ether oxygens (including phenoxy) is 1. The highest BCUT2D eigenvalue weighted by molar-refractivity contribution is 4.82. The Kier molecular flexibility index (Phi) is 5.45. The summed E-state index contributed by atoms with van der Waals surface area (Å²) >= 11 is 0. The molecule has 0 aromatic carbocycles. The van der Waals surface area contributed by atoms with Crippen molar-refractivity contribution < 1.29 is 9.84 Å². The van der Waals surface area contributed by atoms with Gasteiger partial charge >= 0.3 is 0 Å². The second kappa shape index (κ2) is 6.38. The van der Waals surface area contributed by atoms with E-state index in [2.05, 4.69) is 12.2 Å². The highest BCUT2D eigenvalue weighted by Crippen LogP contribution is 2.27. The van der Waals surface area contributed by atoms with Gasteiger partial charge in [-0.15, -0.1) is 0 Å². The van der Waals surface area contributed by atoms with E-state index in [0.717, 1.165) is 5.92 Å². The molecule has 0 heterocycles. The van der Waals surface area contributed by atoms with Crippen LogP contribution in [-0.4, -0.2) is 37.5 Å². The van der Waals surface area contributed by atoms with Gasteiger partial charge in [0.2, 0.25) is 0 Å². The Hall–Kier alpha value is -0.120. The Balaban J connectivity index is 2.22. The molecule has 14 heavy (non-hydrogen) atoms. The molecule has 3 unspecified atom stereocenters. The van der Waals surface area contributed by atoms with Crippen LogP contribution in [-0.2, 0) is 4.74 Å². The maximum atomic E-state index is 9.10. The summed E-state index contributed by atoms with van der Waals surface area (Å²) < 4.78 is 5.04. The molecule has 0 bridgehead atoms. The van der Waals surface area contributed by atoms with Crippen LogP contribution in [0.5, 0.6) is 0 Å². The van der Waals surface area contributed by atoms with E-state index < -0.39 is 0 Å². The average molecular weight is 201 g/mol. The number of nitrogens with one attached hydrogen (secondary N) is 1. The summed E-state index contributed by atoms with van der Waals surface area (Å²) in [6, 6.07) is 0.702. The summed E-state index contributed by atoms with van der Waals surface area (Å²) in [5.74, 6) is 0.884. The maximum Gasteiger partial charge on any atom is 0.0638 e. The van der Waals surface area contributed by atoms with Gasteiger partial charge in [0, 0.05) is 13.2 Å². The molecule has 1 rings (SSSR count). The molecule has 2 N–H and O–H groups in total. The van der Waals surface area contributed by atoms with Gasteiger partial charge < -0.3 is 15.2 Å². The van der Waals surface area contributed by atoms with Crippen molar-refractivity contribution >= 4 is 0 Å². The lowest BCUT2D eigenvalue weighted by Gasteiger charge is -2.20. The van der Waals surface area contributed by atoms with E-state index in [4.69, 9.17) is 9.84 Å².